The van der Waals surface area contributed by atoms with Crippen LogP contribution in [0.5, 0.6) is 5.75 Å². The number of carbonyl (C=O) groups excluding carboxylic acids is 1. The summed E-state index contributed by atoms with van der Waals surface area (Å²) in [5.74, 6) is 0.635. The van der Waals surface area contributed by atoms with Gasteiger partial charge in [-0.05, 0) is 39.7 Å². The van der Waals surface area contributed by atoms with Crippen molar-refractivity contribution in [1.82, 2.24) is 10.6 Å². The highest BCUT2D eigenvalue weighted by atomic mass is 16.5. The minimum Gasteiger partial charge on any atom is -0.483 e. The zero-order chi connectivity index (χ0) is 16.7. The third-order valence-electron chi connectivity index (χ3n) is 3.56. The molecule has 128 valence electrons. The number of rotatable bonds is 7. The predicted molar refractivity (Wildman–Crippen MR) is 90.5 cm³/mol. The van der Waals surface area contributed by atoms with Gasteiger partial charge in [-0.3, -0.25) is 4.79 Å². The van der Waals surface area contributed by atoms with Crippen LogP contribution in [0.1, 0.15) is 39.2 Å². The van der Waals surface area contributed by atoms with Gasteiger partial charge < -0.3 is 20.1 Å². The Hall–Kier alpha value is -1.59. The van der Waals surface area contributed by atoms with E-state index in [4.69, 9.17) is 9.47 Å². The van der Waals surface area contributed by atoms with Crippen LogP contribution >= 0.6 is 0 Å². The Balaban J connectivity index is 1.80. The Kier molecular flexibility index (Phi) is 6.42. The molecule has 0 aliphatic carbocycles. The lowest BCUT2D eigenvalue weighted by Crippen LogP contribution is -2.43. The zero-order valence-corrected chi connectivity index (χ0v) is 14.4. The van der Waals surface area contributed by atoms with Gasteiger partial charge in [-0.1, -0.05) is 18.2 Å². The molecule has 0 spiro atoms. The first-order valence-corrected chi connectivity index (χ1v) is 8.28. The van der Waals surface area contributed by atoms with Gasteiger partial charge in [-0.2, -0.15) is 0 Å². The molecule has 5 heteroatoms. The number of nitrogens with one attached hydrogen (secondary N) is 2. The maximum atomic E-state index is 11.9. The number of hydrogen-bond acceptors (Lipinski definition) is 4. The van der Waals surface area contributed by atoms with Crippen molar-refractivity contribution in [2.75, 3.05) is 19.8 Å². The number of ether oxygens (including phenoxy) is 2. The predicted octanol–water partition coefficient (Wildman–Crippen LogP) is 2.25. The molecule has 1 heterocycles. The van der Waals surface area contributed by atoms with Crippen molar-refractivity contribution in [3.05, 3.63) is 29.8 Å². The summed E-state index contributed by atoms with van der Waals surface area (Å²) in [5, 5.41) is 6.30. The van der Waals surface area contributed by atoms with E-state index in [9.17, 15) is 4.79 Å². The molecule has 1 saturated heterocycles. The van der Waals surface area contributed by atoms with Crippen molar-refractivity contribution in [3.8, 4) is 5.75 Å². The molecule has 2 rings (SSSR count). The van der Waals surface area contributed by atoms with Crippen LogP contribution in [-0.4, -0.2) is 37.3 Å². The second-order valence-electron chi connectivity index (χ2n) is 6.96. The van der Waals surface area contributed by atoms with Crippen LogP contribution in [0.25, 0.3) is 0 Å². The Labute approximate surface area is 138 Å². The lowest BCUT2D eigenvalue weighted by molar-refractivity contribution is -0.124. The molecule has 2 N–H and O–H groups in total. The number of hydrogen-bond donors (Lipinski definition) is 2. The van der Waals surface area contributed by atoms with E-state index in [1.165, 1.54) is 0 Å². The molecular weight excluding hydrogens is 292 g/mol. The maximum absolute atomic E-state index is 11.9. The highest BCUT2D eigenvalue weighted by molar-refractivity contribution is 5.78. The van der Waals surface area contributed by atoms with Gasteiger partial charge in [-0.15, -0.1) is 0 Å². The van der Waals surface area contributed by atoms with Crippen LogP contribution in [0.15, 0.2) is 24.3 Å². The summed E-state index contributed by atoms with van der Waals surface area (Å²) >= 11 is 0. The summed E-state index contributed by atoms with van der Waals surface area (Å²) in [6.45, 7) is 8.31. The Morgan fingerprint density at radius 1 is 1.35 bits per heavy atom. The summed E-state index contributed by atoms with van der Waals surface area (Å²) < 4.78 is 11.3. The summed E-state index contributed by atoms with van der Waals surface area (Å²) in [5.41, 5.74) is 0.803. The fourth-order valence-corrected chi connectivity index (χ4v) is 2.56. The van der Waals surface area contributed by atoms with Crippen molar-refractivity contribution in [3.63, 3.8) is 0 Å². The van der Waals surface area contributed by atoms with E-state index < -0.39 is 0 Å². The van der Waals surface area contributed by atoms with Gasteiger partial charge in [0, 0.05) is 30.8 Å². The summed E-state index contributed by atoms with van der Waals surface area (Å²) in [4.78, 5) is 11.9. The number of carbonyl (C=O) groups is 1. The summed E-state index contributed by atoms with van der Waals surface area (Å²) in [6.07, 6.45) is 2.59. The van der Waals surface area contributed by atoms with Crippen molar-refractivity contribution < 1.29 is 14.3 Å². The van der Waals surface area contributed by atoms with Crippen LogP contribution in [0, 0.1) is 0 Å². The molecule has 1 aromatic carbocycles. The van der Waals surface area contributed by atoms with E-state index in [0.29, 0.717) is 12.6 Å². The van der Waals surface area contributed by atoms with E-state index in [1.807, 2.05) is 45.0 Å². The zero-order valence-electron chi connectivity index (χ0n) is 14.4. The molecule has 1 aliphatic heterocycles. The van der Waals surface area contributed by atoms with E-state index in [2.05, 4.69) is 10.6 Å². The first kappa shape index (κ1) is 17.8. The van der Waals surface area contributed by atoms with Crippen LogP contribution in [0.2, 0.25) is 0 Å². The molecule has 23 heavy (non-hydrogen) atoms. The van der Waals surface area contributed by atoms with Crippen LogP contribution in [0.3, 0.4) is 0 Å². The molecule has 0 bridgehead atoms. The fraction of sp³-hybridized carbons (Fsp3) is 0.611. The van der Waals surface area contributed by atoms with Gasteiger partial charge in [0.15, 0.2) is 6.61 Å². The number of benzene rings is 1. The van der Waals surface area contributed by atoms with Gasteiger partial charge in [0.2, 0.25) is 0 Å². The fourth-order valence-electron chi connectivity index (χ4n) is 2.56. The van der Waals surface area contributed by atoms with Crippen molar-refractivity contribution in [2.24, 2.45) is 0 Å². The van der Waals surface area contributed by atoms with Gasteiger partial charge in [-0.25, -0.2) is 0 Å². The van der Waals surface area contributed by atoms with Gasteiger partial charge in [0.05, 0.1) is 6.10 Å². The molecular formula is C18H28N2O3. The normalized spacial score (nSPS) is 18.0. The van der Waals surface area contributed by atoms with E-state index in [1.54, 1.807) is 0 Å². The first-order valence-electron chi connectivity index (χ1n) is 8.28. The molecule has 0 aromatic heterocycles. The molecule has 0 radical (unpaired) electrons. The monoisotopic (exact) mass is 320 g/mol. The third kappa shape index (κ3) is 6.59. The minimum absolute atomic E-state index is 0.0278. The smallest absolute Gasteiger partial charge is 0.258 e. The average molecular weight is 320 g/mol. The highest BCUT2D eigenvalue weighted by Crippen LogP contribution is 2.18. The van der Waals surface area contributed by atoms with Crippen molar-refractivity contribution in [2.45, 2.75) is 51.8 Å². The standard InChI is InChI=1S/C18H28N2O3/c1-18(2,3)20-17(21)13-23-16-9-5-4-7-14(16)11-19-12-15-8-6-10-22-15/h4-5,7,9,15,19H,6,8,10-13H2,1-3H3,(H,20,21). The largest absolute Gasteiger partial charge is 0.483 e. The van der Waals surface area contributed by atoms with E-state index >= 15 is 0 Å². The molecule has 1 aromatic rings. The lowest BCUT2D eigenvalue weighted by atomic mass is 10.1. The average Bonchev–Trinajstić information content (AvgIpc) is 2.98. The molecule has 1 amide bonds. The summed E-state index contributed by atoms with van der Waals surface area (Å²) in [6, 6.07) is 7.80. The van der Waals surface area contributed by atoms with Gasteiger partial charge in [0.1, 0.15) is 5.75 Å². The summed E-state index contributed by atoms with van der Waals surface area (Å²) in [7, 11) is 0. The van der Waals surface area contributed by atoms with Crippen molar-refractivity contribution >= 4 is 5.91 Å². The van der Waals surface area contributed by atoms with Gasteiger partial charge >= 0.3 is 0 Å². The second-order valence-corrected chi connectivity index (χ2v) is 6.96. The molecule has 1 atom stereocenters. The van der Waals surface area contributed by atoms with Crippen molar-refractivity contribution in [1.29, 1.82) is 0 Å². The Bertz CT molecular complexity index is 505. The second kappa shape index (κ2) is 8.31. The molecule has 1 unspecified atom stereocenters. The first-order chi connectivity index (χ1) is 10.9. The highest BCUT2D eigenvalue weighted by Gasteiger charge is 2.16. The topological polar surface area (TPSA) is 59.6 Å². The SMILES string of the molecule is CC(C)(C)NC(=O)COc1ccccc1CNCC1CCCO1. The number of amides is 1. The van der Waals surface area contributed by atoms with Gasteiger partial charge in [0.25, 0.3) is 5.91 Å². The van der Waals surface area contributed by atoms with E-state index in [-0.39, 0.29) is 18.1 Å². The third-order valence-corrected chi connectivity index (χ3v) is 3.56. The minimum atomic E-state index is -0.247. The Morgan fingerprint density at radius 2 is 2.13 bits per heavy atom. The van der Waals surface area contributed by atoms with E-state index in [0.717, 1.165) is 37.3 Å². The Morgan fingerprint density at radius 3 is 2.83 bits per heavy atom. The maximum Gasteiger partial charge on any atom is 0.258 e. The number of para-hydroxylation sites is 1. The molecule has 1 fully saturated rings. The van der Waals surface area contributed by atoms with Crippen LogP contribution in [-0.2, 0) is 16.1 Å². The molecule has 5 nitrogen and oxygen atoms in total. The molecule has 1 aliphatic rings. The lowest BCUT2D eigenvalue weighted by Gasteiger charge is -2.21. The van der Waals surface area contributed by atoms with Crippen LogP contribution < -0.4 is 15.4 Å². The quantitative estimate of drug-likeness (QED) is 0.809. The van der Waals surface area contributed by atoms with Crippen LogP contribution in [0.4, 0.5) is 0 Å². The molecule has 0 saturated carbocycles.